The van der Waals surface area contributed by atoms with Crippen molar-refractivity contribution >= 4 is 0 Å². The molecular weight excluding hydrogens is 232 g/mol. The van der Waals surface area contributed by atoms with Crippen LogP contribution in [0.2, 0.25) is 0 Å². The van der Waals surface area contributed by atoms with Crippen LogP contribution in [0.1, 0.15) is 78.1 Å². The summed E-state index contributed by atoms with van der Waals surface area (Å²) >= 11 is 0. The van der Waals surface area contributed by atoms with Crippen molar-refractivity contribution in [1.29, 1.82) is 0 Å². The molecule has 0 spiro atoms. The van der Waals surface area contributed by atoms with Crippen LogP contribution in [-0.4, -0.2) is 29.6 Å². The molecule has 2 N–H and O–H groups in total. The minimum absolute atomic E-state index is 0.328. The van der Waals surface area contributed by atoms with Crippen molar-refractivity contribution in [3.63, 3.8) is 0 Å². The summed E-state index contributed by atoms with van der Waals surface area (Å²) in [6.45, 7) is 5.74. The smallest absolute Gasteiger partial charge is 0.00983 e. The summed E-state index contributed by atoms with van der Waals surface area (Å²) in [5.41, 5.74) is 6.12. The molecule has 0 aromatic rings. The summed E-state index contributed by atoms with van der Waals surface area (Å²) in [6, 6.07) is 2.05. The predicted molar refractivity (Wildman–Crippen MR) is 83.3 cm³/mol. The lowest BCUT2D eigenvalue weighted by molar-refractivity contribution is 0.0635. The van der Waals surface area contributed by atoms with E-state index in [1.165, 1.54) is 70.8 Å². The van der Waals surface area contributed by atoms with Crippen LogP contribution in [-0.2, 0) is 0 Å². The molecule has 0 aromatic carbocycles. The summed E-state index contributed by atoms with van der Waals surface area (Å²) in [5, 5.41) is 0. The standard InChI is InChI=1S/C17H34N2/c1-14(15(2)18)13-19(16-9-5-3-6-10-16)17-11-7-4-8-12-17/h14-17H,3-13,18H2,1-2H3. The summed E-state index contributed by atoms with van der Waals surface area (Å²) in [4.78, 5) is 2.88. The molecule has 2 unspecified atom stereocenters. The maximum absolute atomic E-state index is 6.12. The van der Waals surface area contributed by atoms with Crippen LogP contribution < -0.4 is 5.73 Å². The fourth-order valence-electron chi connectivity index (χ4n) is 3.92. The van der Waals surface area contributed by atoms with E-state index in [0.717, 1.165) is 12.1 Å². The van der Waals surface area contributed by atoms with Crippen LogP contribution in [0.15, 0.2) is 0 Å². The van der Waals surface area contributed by atoms with Gasteiger partial charge in [0.2, 0.25) is 0 Å². The number of rotatable bonds is 5. The number of hydrogen-bond donors (Lipinski definition) is 1. The summed E-state index contributed by atoms with van der Waals surface area (Å²) < 4.78 is 0. The second-order valence-electron chi connectivity index (χ2n) is 7.12. The monoisotopic (exact) mass is 266 g/mol. The van der Waals surface area contributed by atoms with Gasteiger partial charge in [-0.1, -0.05) is 45.4 Å². The molecule has 0 amide bonds. The van der Waals surface area contributed by atoms with Gasteiger partial charge in [-0.2, -0.15) is 0 Å². The zero-order valence-electron chi connectivity index (χ0n) is 13.1. The van der Waals surface area contributed by atoms with Crippen LogP contribution in [0.5, 0.6) is 0 Å². The van der Waals surface area contributed by atoms with Gasteiger partial charge in [0.05, 0.1) is 0 Å². The fraction of sp³-hybridized carbons (Fsp3) is 1.00. The SMILES string of the molecule is CC(N)C(C)CN(C1CCCCC1)C1CCCCC1. The van der Waals surface area contributed by atoms with E-state index >= 15 is 0 Å². The van der Waals surface area contributed by atoms with Crippen LogP contribution in [0.4, 0.5) is 0 Å². The van der Waals surface area contributed by atoms with Gasteiger partial charge in [0, 0.05) is 24.7 Å². The summed E-state index contributed by atoms with van der Waals surface area (Å²) in [6.07, 6.45) is 14.4. The first-order chi connectivity index (χ1) is 9.18. The van der Waals surface area contributed by atoms with Crippen molar-refractivity contribution in [2.45, 2.75) is 96.2 Å². The minimum Gasteiger partial charge on any atom is -0.328 e. The largest absolute Gasteiger partial charge is 0.328 e. The highest BCUT2D eigenvalue weighted by molar-refractivity contribution is 4.85. The first-order valence-electron chi connectivity index (χ1n) is 8.70. The highest BCUT2D eigenvalue weighted by Crippen LogP contribution is 2.30. The Hall–Kier alpha value is -0.0800. The maximum atomic E-state index is 6.12. The second-order valence-corrected chi connectivity index (χ2v) is 7.12. The van der Waals surface area contributed by atoms with E-state index in [4.69, 9.17) is 5.73 Å². The van der Waals surface area contributed by atoms with Gasteiger partial charge in [0.25, 0.3) is 0 Å². The van der Waals surface area contributed by atoms with E-state index in [1.807, 2.05) is 0 Å². The first kappa shape index (κ1) is 15.3. The van der Waals surface area contributed by atoms with Gasteiger partial charge < -0.3 is 5.73 Å². The van der Waals surface area contributed by atoms with Gasteiger partial charge in [0.1, 0.15) is 0 Å². The molecule has 2 atom stereocenters. The van der Waals surface area contributed by atoms with E-state index < -0.39 is 0 Å². The van der Waals surface area contributed by atoms with E-state index in [1.54, 1.807) is 0 Å². The molecule has 2 aliphatic carbocycles. The Morgan fingerprint density at radius 1 is 0.842 bits per heavy atom. The topological polar surface area (TPSA) is 29.3 Å². The Morgan fingerprint density at radius 3 is 1.63 bits per heavy atom. The molecule has 112 valence electrons. The third-order valence-corrected chi connectivity index (χ3v) is 5.48. The highest BCUT2D eigenvalue weighted by Gasteiger charge is 2.30. The zero-order chi connectivity index (χ0) is 13.7. The van der Waals surface area contributed by atoms with Crippen molar-refractivity contribution in [2.75, 3.05) is 6.54 Å². The molecule has 2 heteroatoms. The molecule has 0 aromatic heterocycles. The quantitative estimate of drug-likeness (QED) is 0.816. The molecule has 2 saturated carbocycles. The molecule has 0 saturated heterocycles. The van der Waals surface area contributed by atoms with Crippen LogP contribution in [0.3, 0.4) is 0 Å². The van der Waals surface area contributed by atoms with E-state index in [-0.39, 0.29) is 0 Å². The lowest BCUT2D eigenvalue weighted by atomic mass is 9.87. The van der Waals surface area contributed by atoms with Gasteiger partial charge in [-0.15, -0.1) is 0 Å². The third-order valence-electron chi connectivity index (χ3n) is 5.48. The minimum atomic E-state index is 0.328. The third kappa shape index (κ3) is 4.46. The molecule has 2 fully saturated rings. The second kappa shape index (κ2) is 7.64. The molecule has 0 bridgehead atoms. The summed E-state index contributed by atoms with van der Waals surface area (Å²) in [7, 11) is 0. The molecule has 2 aliphatic rings. The van der Waals surface area contributed by atoms with E-state index in [2.05, 4.69) is 18.7 Å². The average Bonchev–Trinajstić information content (AvgIpc) is 2.46. The van der Waals surface area contributed by atoms with Gasteiger partial charge in [0.15, 0.2) is 0 Å². The van der Waals surface area contributed by atoms with Gasteiger partial charge >= 0.3 is 0 Å². The van der Waals surface area contributed by atoms with E-state index in [0.29, 0.717) is 12.0 Å². The Labute approximate surface area is 120 Å². The molecule has 0 radical (unpaired) electrons. The average molecular weight is 266 g/mol. The van der Waals surface area contributed by atoms with Crippen molar-refractivity contribution in [2.24, 2.45) is 11.7 Å². The Morgan fingerprint density at radius 2 is 1.26 bits per heavy atom. The molecule has 19 heavy (non-hydrogen) atoms. The van der Waals surface area contributed by atoms with E-state index in [9.17, 15) is 0 Å². The first-order valence-corrected chi connectivity index (χ1v) is 8.70. The lowest BCUT2D eigenvalue weighted by Gasteiger charge is -2.43. The molecule has 2 nitrogen and oxygen atoms in total. The Kier molecular flexibility index (Phi) is 6.15. The number of nitrogens with two attached hydrogens (primary N) is 1. The van der Waals surface area contributed by atoms with Crippen molar-refractivity contribution in [1.82, 2.24) is 4.90 Å². The highest BCUT2D eigenvalue weighted by atomic mass is 15.2. The molecule has 0 aliphatic heterocycles. The van der Waals surface area contributed by atoms with Crippen molar-refractivity contribution in [3.05, 3.63) is 0 Å². The van der Waals surface area contributed by atoms with Gasteiger partial charge in [-0.25, -0.2) is 0 Å². The fourth-order valence-corrected chi connectivity index (χ4v) is 3.92. The normalized spacial score (nSPS) is 26.5. The molecular formula is C17H34N2. The number of hydrogen-bond acceptors (Lipinski definition) is 2. The molecule has 2 rings (SSSR count). The number of nitrogens with zero attached hydrogens (tertiary/aromatic N) is 1. The van der Waals surface area contributed by atoms with Crippen LogP contribution >= 0.6 is 0 Å². The van der Waals surface area contributed by atoms with Crippen molar-refractivity contribution < 1.29 is 0 Å². The lowest BCUT2D eigenvalue weighted by Crippen LogP contribution is -2.49. The predicted octanol–water partition coefficient (Wildman–Crippen LogP) is 3.94. The maximum Gasteiger partial charge on any atom is 0.00983 e. The van der Waals surface area contributed by atoms with Gasteiger partial charge in [-0.3, -0.25) is 4.90 Å². The molecule has 0 heterocycles. The van der Waals surface area contributed by atoms with Gasteiger partial charge in [-0.05, 0) is 38.5 Å². The van der Waals surface area contributed by atoms with Crippen LogP contribution in [0.25, 0.3) is 0 Å². The Balaban J connectivity index is 1.98. The zero-order valence-corrected chi connectivity index (χ0v) is 13.1. The Bertz CT molecular complexity index is 222. The van der Waals surface area contributed by atoms with Crippen molar-refractivity contribution in [3.8, 4) is 0 Å². The summed E-state index contributed by atoms with van der Waals surface area (Å²) in [5.74, 6) is 0.629. The van der Waals surface area contributed by atoms with Crippen LogP contribution in [0, 0.1) is 5.92 Å².